The number of rotatable bonds is 8. The van der Waals surface area contributed by atoms with Gasteiger partial charge in [0.2, 0.25) is 5.91 Å². The fraction of sp³-hybridized carbons (Fsp3) is 0.786. The van der Waals surface area contributed by atoms with Crippen molar-refractivity contribution in [3.63, 3.8) is 0 Å². The molecule has 0 aliphatic heterocycles. The van der Waals surface area contributed by atoms with E-state index in [-0.39, 0.29) is 31.4 Å². The van der Waals surface area contributed by atoms with Crippen LogP contribution in [0.25, 0.3) is 0 Å². The summed E-state index contributed by atoms with van der Waals surface area (Å²) in [5.74, 6) is -0.849. The fourth-order valence-electron chi connectivity index (χ4n) is 1.44. The number of amides is 1. The van der Waals surface area contributed by atoms with Gasteiger partial charge in [0.25, 0.3) is 0 Å². The van der Waals surface area contributed by atoms with Crippen molar-refractivity contribution in [3.8, 4) is 0 Å². The summed E-state index contributed by atoms with van der Waals surface area (Å²) < 4.78 is 4.91. The number of Topliss-reactive ketones (excluding diaryl/α,β-unsaturated/α-hetero) is 1. The van der Waals surface area contributed by atoms with E-state index in [1.54, 1.807) is 39.8 Å². The van der Waals surface area contributed by atoms with Crippen LogP contribution in [-0.2, 0) is 19.1 Å². The molecule has 6 heteroatoms. The smallest absolute Gasteiger partial charge is 0.319 e. The lowest BCUT2D eigenvalue weighted by atomic mass is 9.88. The van der Waals surface area contributed by atoms with Crippen molar-refractivity contribution in [1.29, 1.82) is 0 Å². The largest absolute Gasteiger partial charge is 0.465 e. The Morgan fingerprint density at radius 2 is 1.60 bits per heavy atom. The molecule has 0 N–H and O–H groups in total. The standard InChI is InChI=1S/C14H26N2O4/c1-7-16(10-12(18)15(5)6)9-11(17)14(3,4)13(19)20-8-2/h7-10H2,1-6H3. The van der Waals surface area contributed by atoms with Gasteiger partial charge in [-0.15, -0.1) is 0 Å². The Bertz CT molecular complexity index is 364. The van der Waals surface area contributed by atoms with E-state index in [1.807, 2.05) is 6.92 Å². The molecule has 0 saturated carbocycles. The zero-order valence-electron chi connectivity index (χ0n) is 13.4. The van der Waals surface area contributed by atoms with Crippen molar-refractivity contribution in [2.45, 2.75) is 27.7 Å². The molecule has 0 aliphatic rings. The van der Waals surface area contributed by atoms with Crippen molar-refractivity contribution in [2.75, 3.05) is 40.3 Å². The number of ether oxygens (including phenoxy) is 1. The Balaban J connectivity index is 4.69. The average molecular weight is 286 g/mol. The molecule has 0 spiro atoms. The molecule has 0 rings (SSSR count). The van der Waals surface area contributed by atoms with Crippen LogP contribution in [0, 0.1) is 5.41 Å². The molecule has 0 heterocycles. The molecule has 0 atom stereocenters. The van der Waals surface area contributed by atoms with Gasteiger partial charge in [-0.05, 0) is 27.3 Å². The molecule has 0 aromatic rings. The van der Waals surface area contributed by atoms with Crippen LogP contribution >= 0.6 is 0 Å². The fourth-order valence-corrected chi connectivity index (χ4v) is 1.44. The number of ketones is 1. The van der Waals surface area contributed by atoms with Crippen molar-refractivity contribution < 1.29 is 19.1 Å². The second-order valence-corrected chi connectivity index (χ2v) is 5.36. The summed E-state index contributed by atoms with van der Waals surface area (Å²) >= 11 is 0. The lowest BCUT2D eigenvalue weighted by Crippen LogP contribution is -2.45. The van der Waals surface area contributed by atoms with Gasteiger partial charge < -0.3 is 9.64 Å². The van der Waals surface area contributed by atoms with Gasteiger partial charge in [-0.25, -0.2) is 0 Å². The summed E-state index contributed by atoms with van der Waals surface area (Å²) in [6, 6.07) is 0. The maximum absolute atomic E-state index is 12.2. The predicted molar refractivity (Wildman–Crippen MR) is 76.2 cm³/mol. The van der Waals surface area contributed by atoms with Crippen molar-refractivity contribution in [1.82, 2.24) is 9.80 Å². The van der Waals surface area contributed by atoms with E-state index in [1.165, 1.54) is 4.90 Å². The van der Waals surface area contributed by atoms with Crippen LogP contribution in [0.15, 0.2) is 0 Å². The number of hydrogen-bond acceptors (Lipinski definition) is 5. The van der Waals surface area contributed by atoms with E-state index < -0.39 is 11.4 Å². The second kappa shape index (κ2) is 7.99. The summed E-state index contributed by atoms with van der Waals surface area (Å²) in [4.78, 5) is 38.9. The van der Waals surface area contributed by atoms with Crippen LogP contribution in [0.1, 0.15) is 27.7 Å². The highest BCUT2D eigenvalue weighted by atomic mass is 16.5. The quantitative estimate of drug-likeness (QED) is 0.482. The first-order valence-electron chi connectivity index (χ1n) is 6.79. The minimum atomic E-state index is -1.19. The minimum absolute atomic E-state index is 0.0574. The minimum Gasteiger partial charge on any atom is -0.465 e. The number of carbonyl (C=O) groups excluding carboxylic acids is 3. The normalized spacial score (nSPS) is 11.3. The van der Waals surface area contributed by atoms with E-state index in [0.29, 0.717) is 6.54 Å². The third kappa shape index (κ3) is 5.28. The van der Waals surface area contributed by atoms with Gasteiger partial charge in [0.05, 0.1) is 19.7 Å². The van der Waals surface area contributed by atoms with Gasteiger partial charge in [0.1, 0.15) is 5.41 Å². The van der Waals surface area contributed by atoms with Gasteiger partial charge in [0, 0.05) is 14.1 Å². The van der Waals surface area contributed by atoms with Gasteiger partial charge in [0.15, 0.2) is 5.78 Å². The number of nitrogens with zero attached hydrogens (tertiary/aromatic N) is 2. The van der Waals surface area contributed by atoms with Crippen molar-refractivity contribution in [3.05, 3.63) is 0 Å². The van der Waals surface area contributed by atoms with Gasteiger partial charge in [-0.2, -0.15) is 0 Å². The Morgan fingerprint density at radius 1 is 1.05 bits per heavy atom. The van der Waals surface area contributed by atoms with Crippen LogP contribution in [0.3, 0.4) is 0 Å². The number of carbonyl (C=O) groups is 3. The first-order valence-corrected chi connectivity index (χ1v) is 6.79. The molecular weight excluding hydrogens is 260 g/mol. The van der Waals surface area contributed by atoms with Crippen LogP contribution in [0.5, 0.6) is 0 Å². The Labute approximate surface area is 121 Å². The second-order valence-electron chi connectivity index (χ2n) is 5.36. The van der Waals surface area contributed by atoms with Gasteiger partial charge >= 0.3 is 5.97 Å². The van der Waals surface area contributed by atoms with E-state index in [9.17, 15) is 14.4 Å². The molecule has 20 heavy (non-hydrogen) atoms. The van der Waals surface area contributed by atoms with Gasteiger partial charge in [-0.1, -0.05) is 6.92 Å². The topological polar surface area (TPSA) is 66.9 Å². The van der Waals surface area contributed by atoms with Crippen molar-refractivity contribution in [2.24, 2.45) is 5.41 Å². The monoisotopic (exact) mass is 286 g/mol. The number of hydrogen-bond donors (Lipinski definition) is 0. The highest BCUT2D eigenvalue weighted by Crippen LogP contribution is 2.19. The molecule has 0 aromatic heterocycles. The average Bonchev–Trinajstić information content (AvgIpc) is 2.37. The zero-order chi connectivity index (χ0) is 15.9. The van der Waals surface area contributed by atoms with Crippen molar-refractivity contribution >= 4 is 17.7 Å². The van der Waals surface area contributed by atoms with E-state index >= 15 is 0 Å². The molecule has 6 nitrogen and oxygen atoms in total. The van der Waals surface area contributed by atoms with Crippen LogP contribution < -0.4 is 0 Å². The SMILES string of the molecule is CCOC(=O)C(C)(C)C(=O)CN(CC)CC(=O)N(C)C. The summed E-state index contributed by atoms with van der Waals surface area (Å²) in [5.41, 5.74) is -1.19. The lowest BCUT2D eigenvalue weighted by molar-refractivity contribution is -0.158. The van der Waals surface area contributed by atoms with Crippen LogP contribution in [-0.4, -0.2) is 67.8 Å². The lowest BCUT2D eigenvalue weighted by Gasteiger charge is -2.26. The maximum atomic E-state index is 12.2. The van der Waals surface area contributed by atoms with Crippen LogP contribution in [0.2, 0.25) is 0 Å². The zero-order valence-corrected chi connectivity index (χ0v) is 13.4. The maximum Gasteiger partial charge on any atom is 0.319 e. The number of esters is 1. The summed E-state index contributed by atoms with van der Waals surface area (Å²) in [6.07, 6.45) is 0. The molecule has 0 fully saturated rings. The van der Waals surface area contributed by atoms with E-state index in [2.05, 4.69) is 0 Å². The predicted octanol–water partition coefficient (Wildman–Crippen LogP) is 0.555. The van der Waals surface area contributed by atoms with E-state index in [0.717, 1.165) is 0 Å². The third-order valence-electron chi connectivity index (χ3n) is 3.15. The molecule has 1 amide bonds. The summed E-state index contributed by atoms with van der Waals surface area (Å²) in [6.45, 7) is 7.69. The number of likely N-dealkylation sites (N-methyl/N-ethyl adjacent to an activating group) is 2. The molecule has 0 saturated heterocycles. The molecular formula is C14H26N2O4. The molecule has 116 valence electrons. The Hall–Kier alpha value is -1.43. The summed E-state index contributed by atoms with van der Waals surface area (Å²) in [7, 11) is 3.33. The highest BCUT2D eigenvalue weighted by Gasteiger charge is 2.37. The third-order valence-corrected chi connectivity index (χ3v) is 3.15. The first-order chi connectivity index (χ1) is 9.16. The van der Waals surface area contributed by atoms with Gasteiger partial charge in [-0.3, -0.25) is 19.3 Å². The highest BCUT2D eigenvalue weighted by molar-refractivity contribution is 6.04. The van der Waals surface area contributed by atoms with Crippen LogP contribution in [0.4, 0.5) is 0 Å². The summed E-state index contributed by atoms with van der Waals surface area (Å²) in [5, 5.41) is 0. The molecule has 0 bridgehead atoms. The molecule has 0 aromatic carbocycles. The van der Waals surface area contributed by atoms with E-state index in [4.69, 9.17) is 4.74 Å². The molecule has 0 radical (unpaired) electrons. The first kappa shape index (κ1) is 18.6. The Kier molecular flexibility index (Phi) is 7.42. The Morgan fingerprint density at radius 3 is 2.00 bits per heavy atom. The molecule has 0 aliphatic carbocycles. The molecule has 0 unspecified atom stereocenters.